The lowest BCUT2D eigenvalue weighted by Gasteiger charge is -2.16. The van der Waals surface area contributed by atoms with Crippen LogP contribution in [0.3, 0.4) is 0 Å². The van der Waals surface area contributed by atoms with Crippen molar-refractivity contribution in [3.8, 4) is 0 Å². The van der Waals surface area contributed by atoms with E-state index in [1.807, 2.05) is 19.3 Å². The van der Waals surface area contributed by atoms with Crippen molar-refractivity contribution < 1.29 is 5.11 Å². The first-order valence-corrected chi connectivity index (χ1v) is 4.73. The van der Waals surface area contributed by atoms with Gasteiger partial charge in [-0.25, -0.2) is 0 Å². The molecular formula is C10H18N2O. The Labute approximate surface area is 79.4 Å². The zero-order valence-electron chi connectivity index (χ0n) is 8.57. The van der Waals surface area contributed by atoms with E-state index in [0.29, 0.717) is 11.8 Å². The maximum absolute atomic E-state index is 9.13. The molecule has 0 aromatic carbocycles. The summed E-state index contributed by atoms with van der Waals surface area (Å²) in [6.07, 6.45) is 2.80. The molecule has 1 N–H and O–H groups in total. The van der Waals surface area contributed by atoms with Gasteiger partial charge in [0.1, 0.15) is 0 Å². The molecule has 0 fully saturated rings. The minimum Gasteiger partial charge on any atom is -0.396 e. The summed E-state index contributed by atoms with van der Waals surface area (Å²) in [5.41, 5.74) is 1.07. The van der Waals surface area contributed by atoms with Gasteiger partial charge in [0.2, 0.25) is 0 Å². The van der Waals surface area contributed by atoms with Crippen molar-refractivity contribution in [1.29, 1.82) is 0 Å². The number of aliphatic hydroxyl groups is 1. The van der Waals surface area contributed by atoms with Crippen LogP contribution in [-0.4, -0.2) is 21.5 Å². The second-order valence-electron chi connectivity index (χ2n) is 3.87. The average Bonchev–Trinajstić information content (AvgIpc) is 2.46. The van der Waals surface area contributed by atoms with E-state index in [1.165, 1.54) is 0 Å². The Hall–Kier alpha value is -0.830. The minimum atomic E-state index is 0.244. The van der Waals surface area contributed by atoms with Crippen LogP contribution in [0.1, 0.15) is 19.5 Å². The van der Waals surface area contributed by atoms with Crippen LogP contribution in [0.4, 0.5) is 0 Å². The molecule has 0 aliphatic rings. The van der Waals surface area contributed by atoms with Gasteiger partial charge in [-0.1, -0.05) is 13.8 Å². The van der Waals surface area contributed by atoms with Crippen molar-refractivity contribution in [1.82, 2.24) is 9.78 Å². The highest BCUT2D eigenvalue weighted by Gasteiger charge is 2.13. The molecule has 0 amide bonds. The van der Waals surface area contributed by atoms with E-state index in [0.717, 1.165) is 12.1 Å². The van der Waals surface area contributed by atoms with Gasteiger partial charge in [0.15, 0.2) is 0 Å². The van der Waals surface area contributed by atoms with Crippen LogP contribution in [0, 0.1) is 11.8 Å². The number of aliphatic hydroxyl groups excluding tert-OH is 1. The molecule has 74 valence electrons. The fraction of sp³-hybridized carbons (Fsp3) is 0.700. The number of aromatic nitrogens is 2. The van der Waals surface area contributed by atoms with E-state index in [2.05, 4.69) is 18.9 Å². The molecule has 1 unspecified atom stereocenters. The van der Waals surface area contributed by atoms with Crippen molar-refractivity contribution in [3.63, 3.8) is 0 Å². The van der Waals surface area contributed by atoms with Crippen molar-refractivity contribution in [2.24, 2.45) is 18.9 Å². The summed E-state index contributed by atoms with van der Waals surface area (Å²) >= 11 is 0. The molecule has 13 heavy (non-hydrogen) atoms. The maximum Gasteiger partial charge on any atom is 0.0628 e. The summed E-state index contributed by atoms with van der Waals surface area (Å²) < 4.78 is 1.80. The predicted molar refractivity (Wildman–Crippen MR) is 52.3 cm³/mol. The molecular weight excluding hydrogens is 164 g/mol. The van der Waals surface area contributed by atoms with Crippen LogP contribution in [-0.2, 0) is 13.5 Å². The van der Waals surface area contributed by atoms with Gasteiger partial charge in [-0.15, -0.1) is 0 Å². The molecule has 0 radical (unpaired) electrons. The van der Waals surface area contributed by atoms with Gasteiger partial charge >= 0.3 is 0 Å². The van der Waals surface area contributed by atoms with Crippen LogP contribution in [0.2, 0.25) is 0 Å². The largest absolute Gasteiger partial charge is 0.396 e. The number of hydrogen-bond acceptors (Lipinski definition) is 2. The molecule has 1 aromatic rings. The molecule has 1 atom stereocenters. The summed E-state index contributed by atoms with van der Waals surface area (Å²) in [5.74, 6) is 0.835. The van der Waals surface area contributed by atoms with Crippen LogP contribution in [0.15, 0.2) is 12.3 Å². The van der Waals surface area contributed by atoms with Crippen LogP contribution in [0.5, 0.6) is 0 Å². The summed E-state index contributed by atoms with van der Waals surface area (Å²) in [7, 11) is 1.91. The van der Waals surface area contributed by atoms with E-state index >= 15 is 0 Å². The zero-order valence-corrected chi connectivity index (χ0v) is 8.57. The van der Waals surface area contributed by atoms with Gasteiger partial charge < -0.3 is 5.11 Å². The third-order valence-electron chi connectivity index (χ3n) is 2.42. The first-order chi connectivity index (χ1) is 6.13. The molecule has 0 aliphatic carbocycles. The highest BCUT2D eigenvalue weighted by atomic mass is 16.3. The summed E-state index contributed by atoms with van der Waals surface area (Å²) in [6.45, 7) is 4.50. The Kier molecular flexibility index (Phi) is 3.48. The molecule has 0 saturated carbocycles. The normalized spacial score (nSPS) is 13.6. The first kappa shape index (κ1) is 10.3. The van der Waals surface area contributed by atoms with Gasteiger partial charge in [0, 0.05) is 19.9 Å². The monoisotopic (exact) mass is 182 g/mol. The lowest BCUT2D eigenvalue weighted by molar-refractivity contribution is 0.188. The third kappa shape index (κ3) is 2.84. The second kappa shape index (κ2) is 4.42. The fourth-order valence-corrected chi connectivity index (χ4v) is 1.35. The Morgan fingerprint density at radius 3 is 2.62 bits per heavy atom. The zero-order chi connectivity index (χ0) is 9.84. The maximum atomic E-state index is 9.13. The number of rotatable bonds is 4. The van der Waals surface area contributed by atoms with Gasteiger partial charge in [-0.3, -0.25) is 4.68 Å². The molecule has 3 heteroatoms. The Bertz CT molecular complexity index is 255. The van der Waals surface area contributed by atoms with Crippen molar-refractivity contribution in [3.05, 3.63) is 18.0 Å². The summed E-state index contributed by atoms with van der Waals surface area (Å²) in [6, 6.07) is 2.00. The second-order valence-corrected chi connectivity index (χ2v) is 3.87. The highest BCUT2D eigenvalue weighted by molar-refractivity contribution is 5.00. The number of nitrogens with zero attached hydrogens (tertiary/aromatic N) is 2. The topological polar surface area (TPSA) is 38.0 Å². The van der Waals surface area contributed by atoms with E-state index < -0.39 is 0 Å². The molecule has 1 heterocycles. The fourth-order valence-electron chi connectivity index (χ4n) is 1.35. The van der Waals surface area contributed by atoms with Gasteiger partial charge in [0.25, 0.3) is 0 Å². The van der Waals surface area contributed by atoms with Crippen LogP contribution in [0.25, 0.3) is 0 Å². The lowest BCUT2D eigenvalue weighted by atomic mass is 9.92. The molecule has 0 aliphatic heterocycles. The average molecular weight is 182 g/mol. The standard InChI is InChI=1S/C10H18N2O/c1-8(2)9(7-13)6-10-4-5-12(3)11-10/h4-5,8-9,13H,6-7H2,1-3H3. The van der Waals surface area contributed by atoms with E-state index in [1.54, 1.807) is 4.68 Å². The van der Waals surface area contributed by atoms with Crippen molar-refractivity contribution in [2.75, 3.05) is 6.61 Å². The molecule has 3 nitrogen and oxygen atoms in total. The van der Waals surface area contributed by atoms with Crippen molar-refractivity contribution >= 4 is 0 Å². The minimum absolute atomic E-state index is 0.244. The molecule has 1 aromatic heterocycles. The first-order valence-electron chi connectivity index (χ1n) is 4.73. The van der Waals surface area contributed by atoms with E-state index in [9.17, 15) is 0 Å². The molecule has 0 spiro atoms. The summed E-state index contributed by atoms with van der Waals surface area (Å²) in [5, 5.41) is 13.4. The van der Waals surface area contributed by atoms with E-state index in [4.69, 9.17) is 5.11 Å². The number of hydrogen-bond donors (Lipinski definition) is 1. The van der Waals surface area contributed by atoms with Crippen LogP contribution >= 0.6 is 0 Å². The molecule has 1 rings (SSSR count). The number of aryl methyl sites for hydroxylation is 1. The predicted octanol–water partition coefficient (Wildman–Crippen LogP) is 1.23. The van der Waals surface area contributed by atoms with Gasteiger partial charge in [0.05, 0.1) is 5.69 Å². The lowest BCUT2D eigenvalue weighted by Crippen LogP contribution is -2.16. The highest BCUT2D eigenvalue weighted by Crippen LogP contribution is 2.15. The van der Waals surface area contributed by atoms with Gasteiger partial charge in [-0.05, 0) is 24.3 Å². The smallest absolute Gasteiger partial charge is 0.0628 e. The Morgan fingerprint density at radius 1 is 1.54 bits per heavy atom. The Morgan fingerprint density at radius 2 is 2.23 bits per heavy atom. The van der Waals surface area contributed by atoms with Gasteiger partial charge in [-0.2, -0.15) is 5.10 Å². The van der Waals surface area contributed by atoms with Crippen molar-refractivity contribution in [2.45, 2.75) is 20.3 Å². The van der Waals surface area contributed by atoms with E-state index in [-0.39, 0.29) is 6.61 Å². The third-order valence-corrected chi connectivity index (χ3v) is 2.42. The summed E-state index contributed by atoms with van der Waals surface area (Å²) in [4.78, 5) is 0. The SMILES string of the molecule is CC(C)C(CO)Cc1ccn(C)n1. The Balaban J connectivity index is 2.56. The molecule has 0 bridgehead atoms. The molecule has 0 saturated heterocycles. The van der Waals surface area contributed by atoms with Crippen LogP contribution < -0.4 is 0 Å². The quantitative estimate of drug-likeness (QED) is 0.760.